The van der Waals surface area contributed by atoms with Gasteiger partial charge in [0, 0.05) is 50.6 Å². The highest BCUT2D eigenvalue weighted by atomic mass is 16.2. The zero-order chi connectivity index (χ0) is 16.8. The lowest BCUT2D eigenvalue weighted by molar-refractivity contribution is -0.132. The van der Waals surface area contributed by atoms with Crippen molar-refractivity contribution in [2.75, 3.05) is 26.2 Å². The minimum atomic E-state index is 0.0399. The molecule has 1 saturated heterocycles. The fourth-order valence-corrected chi connectivity index (χ4v) is 2.88. The first-order chi connectivity index (χ1) is 11.7. The van der Waals surface area contributed by atoms with Crippen LogP contribution in [0.25, 0.3) is 0 Å². The molecular formula is C19H21N3O2. The van der Waals surface area contributed by atoms with E-state index in [-0.39, 0.29) is 11.8 Å². The Morgan fingerprint density at radius 3 is 2.29 bits per heavy atom. The van der Waals surface area contributed by atoms with Crippen molar-refractivity contribution in [1.82, 2.24) is 14.8 Å². The molecule has 1 fully saturated rings. The van der Waals surface area contributed by atoms with E-state index in [0.717, 1.165) is 5.56 Å². The van der Waals surface area contributed by atoms with Crippen LogP contribution >= 0.6 is 0 Å². The van der Waals surface area contributed by atoms with Crippen molar-refractivity contribution in [1.29, 1.82) is 0 Å². The molecule has 0 saturated carbocycles. The van der Waals surface area contributed by atoms with Gasteiger partial charge in [0.1, 0.15) is 0 Å². The number of carbonyl (C=O) groups is 2. The second-order valence-corrected chi connectivity index (χ2v) is 5.90. The summed E-state index contributed by atoms with van der Waals surface area (Å²) in [6.45, 7) is 2.38. The van der Waals surface area contributed by atoms with Gasteiger partial charge in [-0.1, -0.05) is 24.3 Å². The molecule has 3 rings (SSSR count). The van der Waals surface area contributed by atoms with Crippen LogP contribution in [0.1, 0.15) is 22.3 Å². The average molecular weight is 323 g/mol. The number of aromatic nitrogens is 1. The number of benzene rings is 1. The molecular weight excluding hydrogens is 302 g/mol. The SMILES string of the molecule is O=C(CCc1cccnc1)N1CCN(C(=O)c2ccccc2)CC1. The third-order valence-corrected chi connectivity index (χ3v) is 4.29. The molecule has 0 aliphatic carbocycles. The first-order valence-electron chi connectivity index (χ1n) is 8.25. The number of amides is 2. The summed E-state index contributed by atoms with van der Waals surface area (Å²) in [6.07, 6.45) is 4.71. The van der Waals surface area contributed by atoms with E-state index in [0.29, 0.717) is 44.6 Å². The number of pyridine rings is 1. The van der Waals surface area contributed by atoms with Crippen molar-refractivity contribution in [3.05, 3.63) is 66.0 Å². The third kappa shape index (κ3) is 3.98. The van der Waals surface area contributed by atoms with Gasteiger partial charge in [-0.05, 0) is 30.2 Å². The zero-order valence-corrected chi connectivity index (χ0v) is 13.6. The van der Waals surface area contributed by atoms with Crippen LogP contribution in [-0.2, 0) is 11.2 Å². The largest absolute Gasteiger partial charge is 0.339 e. The molecule has 2 amide bonds. The molecule has 2 heterocycles. The van der Waals surface area contributed by atoms with E-state index in [1.165, 1.54) is 0 Å². The Labute approximate surface area is 141 Å². The van der Waals surface area contributed by atoms with E-state index in [1.54, 1.807) is 12.4 Å². The van der Waals surface area contributed by atoms with Crippen molar-refractivity contribution >= 4 is 11.8 Å². The summed E-state index contributed by atoms with van der Waals surface area (Å²) in [7, 11) is 0. The Morgan fingerprint density at radius 1 is 0.917 bits per heavy atom. The molecule has 124 valence electrons. The molecule has 2 aromatic rings. The van der Waals surface area contributed by atoms with E-state index in [9.17, 15) is 9.59 Å². The predicted octanol–water partition coefficient (Wildman–Crippen LogP) is 2.00. The summed E-state index contributed by atoms with van der Waals surface area (Å²) in [5, 5.41) is 0. The van der Waals surface area contributed by atoms with E-state index in [2.05, 4.69) is 4.98 Å². The molecule has 0 atom stereocenters. The van der Waals surface area contributed by atoms with Gasteiger partial charge in [0.15, 0.2) is 0 Å². The van der Waals surface area contributed by atoms with Crippen LogP contribution in [0.2, 0.25) is 0 Å². The third-order valence-electron chi connectivity index (χ3n) is 4.29. The zero-order valence-electron chi connectivity index (χ0n) is 13.6. The molecule has 0 spiro atoms. The van der Waals surface area contributed by atoms with Crippen LogP contribution in [0.5, 0.6) is 0 Å². The topological polar surface area (TPSA) is 53.5 Å². The molecule has 5 nitrogen and oxygen atoms in total. The number of piperazine rings is 1. The smallest absolute Gasteiger partial charge is 0.253 e. The second kappa shape index (κ2) is 7.73. The number of aryl methyl sites for hydroxylation is 1. The Bertz CT molecular complexity index is 680. The lowest BCUT2D eigenvalue weighted by atomic mass is 10.1. The van der Waals surface area contributed by atoms with Crippen LogP contribution < -0.4 is 0 Å². The van der Waals surface area contributed by atoms with Gasteiger partial charge in [-0.2, -0.15) is 0 Å². The minimum absolute atomic E-state index is 0.0399. The number of carbonyl (C=O) groups excluding carboxylic acids is 2. The van der Waals surface area contributed by atoms with E-state index >= 15 is 0 Å². The van der Waals surface area contributed by atoms with E-state index in [1.807, 2.05) is 52.3 Å². The summed E-state index contributed by atoms with van der Waals surface area (Å²) in [5.74, 6) is 0.184. The van der Waals surface area contributed by atoms with Crippen molar-refractivity contribution in [2.45, 2.75) is 12.8 Å². The fourth-order valence-electron chi connectivity index (χ4n) is 2.88. The lowest BCUT2D eigenvalue weighted by Crippen LogP contribution is -2.50. The lowest BCUT2D eigenvalue weighted by Gasteiger charge is -2.35. The molecule has 0 bridgehead atoms. The maximum atomic E-state index is 12.4. The Morgan fingerprint density at radius 2 is 1.62 bits per heavy atom. The first-order valence-corrected chi connectivity index (χ1v) is 8.25. The fraction of sp³-hybridized carbons (Fsp3) is 0.316. The van der Waals surface area contributed by atoms with Gasteiger partial charge in [0.05, 0.1) is 0 Å². The second-order valence-electron chi connectivity index (χ2n) is 5.90. The molecule has 1 aromatic heterocycles. The molecule has 0 N–H and O–H groups in total. The molecule has 5 heteroatoms. The summed E-state index contributed by atoms with van der Waals surface area (Å²) in [6, 6.07) is 13.2. The highest BCUT2D eigenvalue weighted by Crippen LogP contribution is 2.10. The van der Waals surface area contributed by atoms with Gasteiger partial charge in [-0.25, -0.2) is 0 Å². The monoisotopic (exact) mass is 323 g/mol. The van der Waals surface area contributed by atoms with Crippen LogP contribution in [0, 0.1) is 0 Å². The number of hydrogen-bond acceptors (Lipinski definition) is 3. The highest BCUT2D eigenvalue weighted by molar-refractivity contribution is 5.94. The van der Waals surface area contributed by atoms with Gasteiger partial charge in [-0.15, -0.1) is 0 Å². The highest BCUT2D eigenvalue weighted by Gasteiger charge is 2.24. The van der Waals surface area contributed by atoms with Crippen molar-refractivity contribution in [3.8, 4) is 0 Å². The van der Waals surface area contributed by atoms with Crippen LogP contribution in [-0.4, -0.2) is 52.8 Å². The number of rotatable bonds is 4. The molecule has 1 aromatic carbocycles. The predicted molar refractivity (Wildman–Crippen MR) is 91.5 cm³/mol. The standard InChI is InChI=1S/C19H21N3O2/c23-18(9-8-16-5-4-10-20-15-16)21-11-13-22(14-12-21)19(24)17-6-2-1-3-7-17/h1-7,10,15H,8-9,11-14H2. The Hall–Kier alpha value is -2.69. The van der Waals surface area contributed by atoms with Crippen molar-refractivity contribution in [3.63, 3.8) is 0 Å². The van der Waals surface area contributed by atoms with Crippen LogP contribution in [0.3, 0.4) is 0 Å². The molecule has 1 aliphatic heterocycles. The van der Waals surface area contributed by atoms with E-state index in [4.69, 9.17) is 0 Å². The molecule has 0 radical (unpaired) electrons. The van der Waals surface area contributed by atoms with Crippen LogP contribution in [0.15, 0.2) is 54.9 Å². The van der Waals surface area contributed by atoms with E-state index < -0.39 is 0 Å². The van der Waals surface area contributed by atoms with Gasteiger partial charge in [0.25, 0.3) is 5.91 Å². The molecule has 24 heavy (non-hydrogen) atoms. The number of nitrogens with zero attached hydrogens (tertiary/aromatic N) is 3. The Balaban J connectivity index is 1.48. The van der Waals surface area contributed by atoms with Crippen molar-refractivity contribution < 1.29 is 9.59 Å². The van der Waals surface area contributed by atoms with Gasteiger partial charge < -0.3 is 9.80 Å². The molecule has 0 unspecified atom stereocenters. The Kier molecular flexibility index (Phi) is 5.21. The van der Waals surface area contributed by atoms with Crippen LogP contribution in [0.4, 0.5) is 0 Å². The summed E-state index contributed by atoms with van der Waals surface area (Å²) >= 11 is 0. The first kappa shape index (κ1) is 16.2. The quantitative estimate of drug-likeness (QED) is 0.865. The van der Waals surface area contributed by atoms with Gasteiger partial charge in [-0.3, -0.25) is 14.6 Å². The summed E-state index contributed by atoms with van der Waals surface area (Å²) in [4.78, 5) is 32.5. The normalized spacial score (nSPS) is 14.5. The molecule has 1 aliphatic rings. The summed E-state index contributed by atoms with van der Waals surface area (Å²) < 4.78 is 0. The van der Waals surface area contributed by atoms with Gasteiger partial charge >= 0.3 is 0 Å². The number of hydrogen-bond donors (Lipinski definition) is 0. The maximum absolute atomic E-state index is 12.4. The van der Waals surface area contributed by atoms with Crippen molar-refractivity contribution in [2.24, 2.45) is 0 Å². The summed E-state index contributed by atoms with van der Waals surface area (Å²) in [5.41, 5.74) is 1.78. The van der Waals surface area contributed by atoms with Gasteiger partial charge in [0.2, 0.25) is 5.91 Å². The minimum Gasteiger partial charge on any atom is -0.339 e. The average Bonchev–Trinajstić information content (AvgIpc) is 2.67. The maximum Gasteiger partial charge on any atom is 0.253 e.